The molecule has 20 heavy (non-hydrogen) atoms. The first-order chi connectivity index (χ1) is 9.56. The van der Waals surface area contributed by atoms with Crippen molar-refractivity contribution < 1.29 is 0 Å². The lowest BCUT2D eigenvalue weighted by Gasteiger charge is -2.29. The summed E-state index contributed by atoms with van der Waals surface area (Å²) in [5.41, 5.74) is 2.84. The fraction of sp³-hybridized carbons (Fsp3) is 0.706. The maximum absolute atomic E-state index is 4.32. The average molecular weight is 275 g/mol. The van der Waals surface area contributed by atoms with Crippen LogP contribution in [0.1, 0.15) is 58.4 Å². The Hall–Kier alpha value is -1.09. The number of hydrogen-bond acceptors (Lipinski definition) is 3. The highest BCUT2D eigenvalue weighted by molar-refractivity contribution is 5.52. The third-order valence-corrected chi connectivity index (χ3v) is 3.88. The van der Waals surface area contributed by atoms with Crippen molar-refractivity contribution in [3.63, 3.8) is 0 Å². The van der Waals surface area contributed by atoms with Gasteiger partial charge in [0.15, 0.2) is 0 Å². The molecule has 0 aliphatic carbocycles. The van der Waals surface area contributed by atoms with E-state index in [4.69, 9.17) is 0 Å². The molecule has 0 unspecified atom stereocenters. The van der Waals surface area contributed by atoms with E-state index in [1.54, 1.807) is 0 Å². The summed E-state index contributed by atoms with van der Waals surface area (Å²) in [4.78, 5) is 6.87. The number of rotatable bonds is 3. The number of anilines is 1. The molecule has 1 aromatic heterocycles. The Balaban J connectivity index is 2.09. The van der Waals surface area contributed by atoms with E-state index in [0.717, 1.165) is 6.54 Å². The van der Waals surface area contributed by atoms with Crippen molar-refractivity contribution in [1.29, 1.82) is 0 Å². The Kier molecular flexibility index (Phi) is 5.41. The van der Waals surface area contributed by atoms with E-state index < -0.39 is 0 Å². The zero-order chi connectivity index (χ0) is 14.4. The second-order valence-electron chi connectivity index (χ2n) is 6.86. The minimum atomic E-state index is 0.142. The van der Waals surface area contributed by atoms with Gasteiger partial charge in [0.1, 0.15) is 0 Å². The van der Waals surface area contributed by atoms with Crippen molar-refractivity contribution in [2.45, 2.75) is 65.0 Å². The van der Waals surface area contributed by atoms with Gasteiger partial charge in [-0.25, -0.2) is 0 Å². The quantitative estimate of drug-likeness (QED) is 0.911. The molecule has 0 radical (unpaired) electrons. The SMILES string of the molecule is CC(C)(C)NCc1cnccc1N1CCCCCCC1. The number of aromatic nitrogens is 1. The van der Waals surface area contributed by atoms with Gasteiger partial charge in [0.25, 0.3) is 0 Å². The fourth-order valence-corrected chi connectivity index (χ4v) is 2.71. The predicted octanol–water partition coefficient (Wildman–Crippen LogP) is 3.74. The van der Waals surface area contributed by atoms with Crippen molar-refractivity contribution in [1.82, 2.24) is 10.3 Å². The largest absolute Gasteiger partial charge is 0.371 e. The maximum Gasteiger partial charge on any atom is 0.0442 e. The molecular formula is C17H29N3. The molecule has 112 valence electrons. The summed E-state index contributed by atoms with van der Waals surface area (Å²) < 4.78 is 0. The minimum Gasteiger partial charge on any atom is -0.371 e. The van der Waals surface area contributed by atoms with E-state index in [2.05, 4.69) is 42.0 Å². The minimum absolute atomic E-state index is 0.142. The fourth-order valence-electron chi connectivity index (χ4n) is 2.71. The van der Waals surface area contributed by atoms with Gasteiger partial charge in [-0.1, -0.05) is 19.3 Å². The molecule has 2 rings (SSSR count). The Morgan fingerprint density at radius 2 is 1.75 bits per heavy atom. The number of nitrogens with one attached hydrogen (secondary N) is 1. The molecule has 1 aliphatic rings. The molecule has 1 N–H and O–H groups in total. The molecule has 1 aliphatic heterocycles. The molecule has 3 heteroatoms. The summed E-state index contributed by atoms with van der Waals surface area (Å²) in [5.74, 6) is 0. The van der Waals surface area contributed by atoms with E-state index in [1.807, 2.05) is 12.4 Å². The van der Waals surface area contributed by atoms with Crippen molar-refractivity contribution >= 4 is 5.69 Å². The van der Waals surface area contributed by atoms with Gasteiger partial charge in [-0.3, -0.25) is 4.98 Å². The van der Waals surface area contributed by atoms with Crippen LogP contribution in [-0.2, 0) is 6.54 Å². The summed E-state index contributed by atoms with van der Waals surface area (Å²) in [6.45, 7) is 9.89. The van der Waals surface area contributed by atoms with Crippen LogP contribution < -0.4 is 10.2 Å². The monoisotopic (exact) mass is 275 g/mol. The lowest BCUT2D eigenvalue weighted by Crippen LogP contribution is -2.36. The van der Waals surface area contributed by atoms with Crippen molar-refractivity contribution in [2.75, 3.05) is 18.0 Å². The first kappa shape index (κ1) is 15.3. The molecule has 2 heterocycles. The van der Waals surface area contributed by atoms with Crippen LogP contribution in [0.4, 0.5) is 5.69 Å². The Morgan fingerprint density at radius 3 is 2.40 bits per heavy atom. The molecule has 0 amide bonds. The summed E-state index contributed by atoms with van der Waals surface area (Å²) in [5, 5.41) is 3.58. The zero-order valence-electron chi connectivity index (χ0n) is 13.3. The first-order valence-corrected chi connectivity index (χ1v) is 7.99. The van der Waals surface area contributed by atoms with Gasteiger partial charge in [0.05, 0.1) is 0 Å². The third kappa shape index (κ3) is 4.78. The van der Waals surface area contributed by atoms with Gasteiger partial charge in [0, 0.05) is 48.8 Å². The predicted molar refractivity (Wildman–Crippen MR) is 86.1 cm³/mol. The van der Waals surface area contributed by atoms with E-state index in [0.29, 0.717) is 0 Å². The summed E-state index contributed by atoms with van der Waals surface area (Å²) in [6.07, 6.45) is 10.7. The van der Waals surface area contributed by atoms with Crippen molar-refractivity contribution in [3.05, 3.63) is 24.0 Å². The van der Waals surface area contributed by atoms with E-state index in [-0.39, 0.29) is 5.54 Å². The standard InChI is InChI=1S/C17H29N3/c1-17(2,3)19-14-15-13-18-10-9-16(15)20-11-7-5-4-6-8-12-20/h9-10,13,19H,4-8,11-12,14H2,1-3H3. The second-order valence-corrected chi connectivity index (χ2v) is 6.86. The molecule has 0 bridgehead atoms. The van der Waals surface area contributed by atoms with Crippen LogP contribution in [0.2, 0.25) is 0 Å². The first-order valence-electron chi connectivity index (χ1n) is 7.99. The maximum atomic E-state index is 4.32. The summed E-state index contributed by atoms with van der Waals surface area (Å²) >= 11 is 0. The summed E-state index contributed by atoms with van der Waals surface area (Å²) in [6, 6.07) is 2.18. The Morgan fingerprint density at radius 1 is 1.10 bits per heavy atom. The second kappa shape index (κ2) is 7.07. The molecule has 1 fully saturated rings. The Bertz CT molecular complexity index is 401. The molecule has 3 nitrogen and oxygen atoms in total. The third-order valence-electron chi connectivity index (χ3n) is 3.88. The smallest absolute Gasteiger partial charge is 0.0442 e. The van der Waals surface area contributed by atoms with Crippen molar-refractivity contribution in [3.8, 4) is 0 Å². The normalized spacial score (nSPS) is 17.6. The van der Waals surface area contributed by atoms with E-state index >= 15 is 0 Å². The van der Waals surface area contributed by atoms with Crippen LogP contribution in [0, 0.1) is 0 Å². The topological polar surface area (TPSA) is 28.2 Å². The molecule has 0 spiro atoms. The van der Waals surface area contributed by atoms with Crippen LogP contribution >= 0.6 is 0 Å². The Labute approximate surface area is 123 Å². The molecular weight excluding hydrogens is 246 g/mol. The van der Waals surface area contributed by atoms with Crippen LogP contribution in [0.25, 0.3) is 0 Å². The lowest BCUT2D eigenvalue weighted by atomic mass is 10.1. The van der Waals surface area contributed by atoms with E-state index in [1.165, 1.54) is 56.4 Å². The number of pyridine rings is 1. The van der Waals surface area contributed by atoms with Crippen LogP contribution in [-0.4, -0.2) is 23.6 Å². The number of hydrogen-bond donors (Lipinski definition) is 1. The van der Waals surface area contributed by atoms with Gasteiger partial charge in [0.2, 0.25) is 0 Å². The number of nitrogens with zero attached hydrogens (tertiary/aromatic N) is 2. The molecule has 0 aromatic carbocycles. The zero-order valence-corrected chi connectivity index (χ0v) is 13.3. The van der Waals surface area contributed by atoms with Crippen LogP contribution in [0.15, 0.2) is 18.5 Å². The van der Waals surface area contributed by atoms with Crippen LogP contribution in [0.5, 0.6) is 0 Å². The lowest BCUT2D eigenvalue weighted by molar-refractivity contribution is 0.423. The van der Waals surface area contributed by atoms with Gasteiger partial charge < -0.3 is 10.2 Å². The highest BCUT2D eigenvalue weighted by atomic mass is 15.1. The molecule has 0 saturated carbocycles. The molecule has 1 saturated heterocycles. The highest BCUT2D eigenvalue weighted by Gasteiger charge is 2.15. The van der Waals surface area contributed by atoms with Crippen LogP contribution in [0.3, 0.4) is 0 Å². The van der Waals surface area contributed by atoms with Gasteiger partial charge in [-0.05, 0) is 39.7 Å². The highest BCUT2D eigenvalue weighted by Crippen LogP contribution is 2.23. The van der Waals surface area contributed by atoms with E-state index in [9.17, 15) is 0 Å². The van der Waals surface area contributed by atoms with Crippen molar-refractivity contribution in [2.24, 2.45) is 0 Å². The van der Waals surface area contributed by atoms with Gasteiger partial charge in [-0.15, -0.1) is 0 Å². The average Bonchev–Trinajstić information content (AvgIpc) is 2.36. The molecule has 0 atom stereocenters. The van der Waals surface area contributed by atoms with Gasteiger partial charge >= 0.3 is 0 Å². The molecule has 1 aromatic rings. The van der Waals surface area contributed by atoms with Gasteiger partial charge in [-0.2, -0.15) is 0 Å². The summed E-state index contributed by atoms with van der Waals surface area (Å²) in [7, 11) is 0.